The fourth-order valence-corrected chi connectivity index (χ4v) is 2.08. The number of halogens is 1. The minimum atomic E-state index is -0.852. The number of aromatic nitrogens is 1. The molecule has 1 aromatic heterocycles. The van der Waals surface area contributed by atoms with Gasteiger partial charge in [0.2, 0.25) is 0 Å². The zero-order chi connectivity index (χ0) is 14.4. The second-order valence-electron chi connectivity index (χ2n) is 4.00. The van der Waals surface area contributed by atoms with Crippen LogP contribution >= 0.6 is 15.9 Å². The van der Waals surface area contributed by atoms with E-state index in [-0.39, 0.29) is 6.42 Å². The molecule has 0 aromatic carbocycles. The Labute approximate surface area is 117 Å². The zero-order valence-corrected chi connectivity index (χ0v) is 11.6. The monoisotopic (exact) mass is 332 g/mol. The zero-order valence-electron chi connectivity index (χ0n) is 10.0. The number of carboxylic acid groups (broad SMARTS) is 1. The summed E-state index contributed by atoms with van der Waals surface area (Å²) in [5, 5.41) is 19.2. The van der Waals surface area contributed by atoms with Crippen LogP contribution in [-0.2, 0) is 11.3 Å². The van der Waals surface area contributed by atoms with Gasteiger partial charge in [0.1, 0.15) is 0 Å². The van der Waals surface area contributed by atoms with E-state index in [1.807, 2.05) is 0 Å². The second kappa shape index (κ2) is 7.03. The van der Waals surface area contributed by atoms with Crippen LogP contribution in [0.5, 0.6) is 0 Å². The lowest BCUT2D eigenvalue weighted by molar-refractivity contribution is -0.386. The van der Waals surface area contributed by atoms with Crippen LogP contribution in [0.25, 0.3) is 0 Å². The molecular formula is C11H13BrN2O5. The molecule has 0 atom stereocenters. The van der Waals surface area contributed by atoms with Gasteiger partial charge in [0.25, 0.3) is 0 Å². The summed E-state index contributed by atoms with van der Waals surface area (Å²) < 4.78 is 1.73. The summed E-state index contributed by atoms with van der Waals surface area (Å²) in [5.74, 6) is -0.852. The maximum Gasteiger partial charge on any atom is 0.335 e. The Morgan fingerprint density at radius 1 is 1.42 bits per heavy atom. The number of aryl methyl sites for hydroxylation is 1. The minimum absolute atomic E-state index is 0.0908. The molecule has 0 bridgehead atoms. The molecule has 7 nitrogen and oxygen atoms in total. The molecule has 0 aliphatic heterocycles. The molecule has 1 aromatic rings. The molecule has 0 aliphatic rings. The molecule has 0 spiro atoms. The van der Waals surface area contributed by atoms with Crippen molar-refractivity contribution in [1.29, 1.82) is 0 Å². The predicted molar refractivity (Wildman–Crippen MR) is 71.2 cm³/mol. The fourth-order valence-electron chi connectivity index (χ4n) is 1.62. The van der Waals surface area contributed by atoms with Gasteiger partial charge < -0.3 is 9.67 Å². The largest absolute Gasteiger partial charge is 0.481 e. The van der Waals surface area contributed by atoms with Crippen LogP contribution in [0.1, 0.15) is 25.7 Å². The molecule has 0 fully saturated rings. The van der Waals surface area contributed by atoms with Crippen molar-refractivity contribution in [1.82, 2.24) is 4.57 Å². The van der Waals surface area contributed by atoms with E-state index >= 15 is 0 Å². The third kappa shape index (κ3) is 4.82. The highest BCUT2D eigenvalue weighted by Gasteiger charge is 2.15. The van der Waals surface area contributed by atoms with Gasteiger partial charge in [-0.25, -0.2) is 0 Å². The Morgan fingerprint density at radius 3 is 2.68 bits per heavy atom. The first-order valence-corrected chi connectivity index (χ1v) is 6.47. The number of nitro groups is 1. The number of nitrogens with zero attached hydrogens (tertiary/aromatic N) is 2. The molecule has 1 heterocycles. The number of pyridine rings is 1. The van der Waals surface area contributed by atoms with E-state index in [1.165, 1.54) is 16.8 Å². The summed E-state index contributed by atoms with van der Waals surface area (Å²) >= 11 is 3.12. The summed E-state index contributed by atoms with van der Waals surface area (Å²) in [4.78, 5) is 32.0. The maximum absolute atomic E-state index is 11.7. The van der Waals surface area contributed by atoms with E-state index in [1.54, 1.807) is 0 Å². The molecule has 0 saturated heterocycles. The third-order valence-electron chi connectivity index (χ3n) is 2.52. The molecule has 104 valence electrons. The third-order valence-corrected chi connectivity index (χ3v) is 2.95. The molecule has 1 rings (SSSR count). The molecule has 8 heteroatoms. The van der Waals surface area contributed by atoms with Gasteiger partial charge >= 0.3 is 17.2 Å². The van der Waals surface area contributed by atoms with Crippen molar-refractivity contribution in [3.63, 3.8) is 0 Å². The van der Waals surface area contributed by atoms with Crippen LogP contribution in [0.4, 0.5) is 5.69 Å². The first kappa shape index (κ1) is 15.4. The fraction of sp³-hybridized carbons (Fsp3) is 0.455. The van der Waals surface area contributed by atoms with Crippen molar-refractivity contribution in [2.24, 2.45) is 0 Å². The Morgan fingerprint density at radius 2 is 2.11 bits per heavy atom. The summed E-state index contributed by atoms with van der Waals surface area (Å²) in [6.45, 7) is 0.332. The van der Waals surface area contributed by atoms with Crippen molar-refractivity contribution < 1.29 is 14.8 Å². The number of aliphatic carboxylic acids is 1. The SMILES string of the molecule is O=C(O)CCCCCn1cc(Br)cc([N+](=O)[O-])c1=O. The highest BCUT2D eigenvalue weighted by molar-refractivity contribution is 9.10. The van der Waals surface area contributed by atoms with Gasteiger partial charge in [0, 0.05) is 29.7 Å². The quantitative estimate of drug-likeness (QED) is 0.468. The van der Waals surface area contributed by atoms with E-state index in [2.05, 4.69) is 15.9 Å². The van der Waals surface area contributed by atoms with E-state index in [0.717, 1.165) is 0 Å². The van der Waals surface area contributed by atoms with Crippen LogP contribution in [0.3, 0.4) is 0 Å². The standard InChI is InChI=1S/C11H13BrN2O5/c12-8-6-9(14(18)19)11(17)13(7-8)5-3-1-2-4-10(15)16/h6-7H,1-5H2,(H,15,16). The van der Waals surface area contributed by atoms with Crippen molar-refractivity contribution in [2.45, 2.75) is 32.2 Å². The average molecular weight is 333 g/mol. The van der Waals surface area contributed by atoms with E-state index in [9.17, 15) is 19.7 Å². The number of rotatable bonds is 7. The smallest absolute Gasteiger partial charge is 0.335 e. The highest BCUT2D eigenvalue weighted by Crippen LogP contribution is 2.14. The first-order chi connectivity index (χ1) is 8.91. The lowest BCUT2D eigenvalue weighted by atomic mass is 10.2. The molecule has 1 N–H and O–H groups in total. The van der Waals surface area contributed by atoms with Crippen molar-refractivity contribution in [3.8, 4) is 0 Å². The molecule has 19 heavy (non-hydrogen) atoms. The molecule has 0 radical (unpaired) electrons. The van der Waals surface area contributed by atoms with Crippen molar-refractivity contribution >= 4 is 27.6 Å². The lowest BCUT2D eigenvalue weighted by Crippen LogP contribution is -2.22. The predicted octanol–water partition coefficient (Wildman–Crippen LogP) is 2.16. The first-order valence-electron chi connectivity index (χ1n) is 5.68. The number of carboxylic acids is 1. The van der Waals surface area contributed by atoms with E-state index < -0.39 is 22.1 Å². The molecule has 0 amide bonds. The van der Waals surface area contributed by atoms with E-state index in [4.69, 9.17) is 5.11 Å². The van der Waals surface area contributed by atoms with Crippen molar-refractivity contribution in [2.75, 3.05) is 0 Å². The summed E-state index contributed by atoms with van der Waals surface area (Å²) in [5.41, 5.74) is -1.12. The topological polar surface area (TPSA) is 102 Å². The van der Waals surface area contributed by atoms with Gasteiger partial charge in [-0.3, -0.25) is 19.7 Å². The van der Waals surface area contributed by atoms with Crippen LogP contribution < -0.4 is 5.56 Å². The van der Waals surface area contributed by atoms with Crippen LogP contribution in [0, 0.1) is 10.1 Å². The number of hydrogen-bond donors (Lipinski definition) is 1. The van der Waals surface area contributed by atoms with Gasteiger partial charge in [0.05, 0.1) is 4.92 Å². The van der Waals surface area contributed by atoms with Crippen molar-refractivity contribution in [3.05, 3.63) is 37.2 Å². The van der Waals surface area contributed by atoms with Gasteiger partial charge in [-0.05, 0) is 28.8 Å². The minimum Gasteiger partial charge on any atom is -0.481 e. The van der Waals surface area contributed by atoms with Gasteiger partial charge in [0.15, 0.2) is 0 Å². The molecule has 0 unspecified atom stereocenters. The van der Waals surface area contributed by atoms with Crippen LogP contribution in [0.2, 0.25) is 0 Å². The van der Waals surface area contributed by atoms with E-state index in [0.29, 0.717) is 30.3 Å². The second-order valence-corrected chi connectivity index (χ2v) is 4.92. The highest BCUT2D eigenvalue weighted by atomic mass is 79.9. The summed E-state index contributed by atoms with van der Waals surface area (Å²) in [6, 6.07) is 1.17. The Kier molecular flexibility index (Phi) is 5.68. The summed E-state index contributed by atoms with van der Waals surface area (Å²) in [6.07, 6.45) is 3.36. The Bertz CT molecular complexity index is 540. The maximum atomic E-state index is 11.7. The average Bonchev–Trinajstić information content (AvgIpc) is 2.31. The van der Waals surface area contributed by atoms with Crippen LogP contribution in [-0.4, -0.2) is 20.6 Å². The Balaban J connectivity index is 2.66. The molecule has 0 saturated carbocycles. The Hall–Kier alpha value is -1.70. The number of carbonyl (C=O) groups is 1. The lowest BCUT2D eigenvalue weighted by Gasteiger charge is -2.05. The normalized spacial score (nSPS) is 10.4. The van der Waals surface area contributed by atoms with Gasteiger partial charge in [-0.15, -0.1) is 0 Å². The molecular weight excluding hydrogens is 320 g/mol. The van der Waals surface area contributed by atoms with Crippen LogP contribution in [0.15, 0.2) is 21.5 Å². The molecule has 0 aliphatic carbocycles. The van der Waals surface area contributed by atoms with Gasteiger partial charge in [-0.1, -0.05) is 6.42 Å². The summed E-state index contributed by atoms with van der Waals surface area (Å²) in [7, 11) is 0. The number of unbranched alkanes of at least 4 members (excludes halogenated alkanes) is 2. The number of hydrogen-bond acceptors (Lipinski definition) is 4. The van der Waals surface area contributed by atoms with Gasteiger partial charge in [-0.2, -0.15) is 0 Å².